The number of aryl methyl sites for hydroxylation is 1. The Kier molecular flexibility index (Phi) is 5.60. The monoisotopic (exact) mass is 393 g/mol. The van der Waals surface area contributed by atoms with Crippen molar-refractivity contribution in [1.82, 2.24) is 4.90 Å². The van der Waals surface area contributed by atoms with E-state index in [1.54, 1.807) is 21.9 Å². The highest BCUT2D eigenvalue weighted by Crippen LogP contribution is 2.26. The summed E-state index contributed by atoms with van der Waals surface area (Å²) in [6, 6.07) is 14.3. The van der Waals surface area contributed by atoms with Gasteiger partial charge in [0.15, 0.2) is 0 Å². The third-order valence-electron chi connectivity index (χ3n) is 5.53. The van der Waals surface area contributed by atoms with Gasteiger partial charge in [0.05, 0.1) is 0 Å². The molecule has 2 aliphatic rings. The molecule has 2 amide bonds. The van der Waals surface area contributed by atoms with Crippen molar-refractivity contribution in [2.24, 2.45) is 0 Å². The normalized spacial score (nSPS) is 16.8. The van der Waals surface area contributed by atoms with E-state index in [1.807, 2.05) is 24.3 Å². The Morgan fingerprint density at radius 2 is 1.52 bits per heavy atom. The molecule has 2 aromatic carbocycles. The first-order valence-electron chi connectivity index (χ1n) is 9.99. The average Bonchev–Trinajstić information content (AvgIpc) is 2.77. The third-order valence-corrected chi connectivity index (χ3v) is 5.53. The van der Waals surface area contributed by atoms with Crippen molar-refractivity contribution in [3.63, 3.8) is 0 Å². The number of benzene rings is 2. The molecule has 2 heterocycles. The van der Waals surface area contributed by atoms with Gasteiger partial charge < -0.3 is 14.7 Å². The second kappa shape index (κ2) is 8.47. The number of carbonyl (C=O) groups excluding carboxylic acids is 2. The lowest BCUT2D eigenvalue weighted by Gasteiger charge is -2.35. The Balaban J connectivity index is 1.34. The van der Waals surface area contributed by atoms with E-state index in [1.165, 1.54) is 29.8 Å². The summed E-state index contributed by atoms with van der Waals surface area (Å²) in [5, 5.41) is 0. The summed E-state index contributed by atoms with van der Waals surface area (Å²) >= 11 is 0. The Morgan fingerprint density at radius 1 is 0.828 bits per heavy atom. The summed E-state index contributed by atoms with van der Waals surface area (Å²) in [6.45, 7) is 3.17. The lowest BCUT2D eigenvalue weighted by molar-refractivity contribution is -0.126. The van der Waals surface area contributed by atoms with Crippen molar-refractivity contribution < 1.29 is 14.0 Å². The summed E-state index contributed by atoms with van der Waals surface area (Å²) in [6.07, 6.45) is 4.67. The van der Waals surface area contributed by atoms with Crippen LogP contribution in [0.25, 0.3) is 0 Å². The number of rotatable bonds is 3. The Labute approximate surface area is 170 Å². The van der Waals surface area contributed by atoms with E-state index in [9.17, 15) is 14.0 Å². The third kappa shape index (κ3) is 4.31. The van der Waals surface area contributed by atoms with Gasteiger partial charge in [0.2, 0.25) is 5.91 Å². The molecular weight excluding hydrogens is 369 g/mol. The van der Waals surface area contributed by atoms with Gasteiger partial charge in [0, 0.05) is 56.3 Å². The van der Waals surface area contributed by atoms with Crippen LogP contribution in [0, 0.1) is 5.82 Å². The minimum Gasteiger partial charge on any atom is -0.368 e. The summed E-state index contributed by atoms with van der Waals surface area (Å²) in [4.78, 5) is 30.8. The Bertz CT molecular complexity index is 918. The van der Waals surface area contributed by atoms with Crippen LogP contribution in [-0.4, -0.2) is 49.4 Å². The van der Waals surface area contributed by atoms with Crippen molar-refractivity contribution in [2.45, 2.75) is 12.8 Å². The standard InChI is InChI=1S/C23H24FN3O2/c24-19-7-9-20(10-8-19)25-14-16-26(17-15-25)22(28)11-12-23(29)27-13-3-5-18-4-1-2-6-21(18)27/h1-2,4,6-12H,3,5,13-17H2. The lowest BCUT2D eigenvalue weighted by Crippen LogP contribution is -2.48. The molecule has 4 rings (SSSR count). The maximum absolute atomic E-state index is 13.1. The molecule has 150 valence electrons. The summed E-state index contributed by atoms with van der Waals surface area (Å²) < 4.78 is 13.1. The van der Waals surface area contributed by atoms with Crippen LogP contribution in [0.4, 0.5) is 15.8 Å². The molecular formula is C23H24FN3O2. The number of amides is 2. The van der Waals surface area contributed by atoms with E-state index in [2.05, 4.69) is 4.90 Å². The summed E-state index contributed by atoms with van der Waals surface area (Å²) in [5.41, 5.74) is 3.06. The SMILES string of the molecule is O=C(C=CC(=O)N1CCCc2ccccc21)N1CCN(c2ccc(F)cc2)CC1. The molecule has 0 radical (unpaired) electrons. The van der Waals surface area contributed by atoms with E-state index >= 15 is 0 Å². The molecule has 0 saturated carbocycles. The smallest absolute Gasteiger partial charge is 0.251 e. The number of fused-ring (bicyclic) bond motifs is 1. The molecule has 0 aromatic heterocycles. The molecule has 2 aromatic rings. The predicted octanol–water partition coefficient (Wildman–Crippen LogP) is 3.01. The lowest BCUT2D eigenvalue weighted by atomic mass is 10.0. The van der Waals surface area contributed by atoms with Crippen LogP contribution < -0.4 is 9.80 Å². The van der Waals surface area contributed by atoms with Crippen molar-refractivity contribution in [3.8, 4) is 0 Å². The first-order chi connectivity index (χ1) is 14.1. The van der Waals surface area contributed by atoms with Gasteiger partial charge in [-0.25, -0.2) is 4.39 Å². The van der Waals surface area contributed by atoms with Gasteiger partial charge in [-0.15, -0.1) is 0 Å². The zero-order valence-electron chi connectivity index (χ0n) is 16.3. The van der Waals surface area contributed by atoms with Crippen molar-refractivity contribution in [2.75, 3.05) is 42.5 Å². The van der Waals surface area contributed by atoms with E-state index in [-0.39, 0.29) is 17.6 Å². The van der Waals surface area contributed by atoms with E-state index < -0.39 is 0 Å². The number of piperazine rings is 1. The first kappa shape index (κ1) is 19.2. The highest BCUT2D eigenvalue weighted by molar-refractivity contribution is 6.05. The van der Waals surface area contributed by atoms with Crippen LogP contribution in [-0.2, 0) is 16.0 Å². The fourth-order valence-electron chi connectivity index (χ4n) is 3.94. The predicted molar refractivity (Wildman–Crippen MR) is 111 cm³/mol. The van der Waals surface area contributed by atoms with Crippen LogP contribution in [0.15, 0.2) is 60.7 Å². The van der Waals surface area contributed by atoms with Gasteiger partial charge in [0.25, 0.3) is 5.91 Å². The van der Waals surface area contributed by atoms with Crippen molar-refractivity contribution in [3.05, 3.63) is 72.1 Å². The Morgan fingerprint density at radius 3 is 2.28 bits per heavy atom. The second-order valence-corrected chi connectivity index (χ2v) is 7.34. The number of hydrogen-bond acceptors (Lipinski definition) is 3. The van der Waals surface area contributed by atoms with E-state index in [4.69, 9.17) is 0 Å². The quantitative estimate of drug-likeness (QED) is 0.753. The Hall–Kier alpha value is -3.15. The van der Waals surface area contributed by atoms with Crippen molar-refractivity contribution in [1.29, 1.82) is 0 Å². The number of nitrogens with zero attached hydrogens (tertiary/aromatic N) is 3. The summed E-state index contributed by atoms with van der Waals surface area (Å²) in [5.74, 6) is -0.563. The molecule has 2 aliphatic heterocycles. The fourth-order valence-corrected chi connectivity index (χ4v) is 3.94. The maximum atomic E-state index is 13.1. The van der Waals surface area contributed by atoms with Gasteiger partial charge in [-0.2, -0.15) is 0 Å². The highest BCUT2D eigenvalue weighted by atomic mass is 19.1. The number of anilines is 2. The number of para-hydroxylation sites is 1. The molecule has 0 atom stereocenters. The van der Waals surface area contributed by atoms with Crippen LogP contribution in [0.5, 0.6) is 0 Å². The second-order valence-electron chi connectivity index (χ2n) is 7.34. The van der Waals surface area contributed by atoms with Gasteiger partial charge in [-0.1, -0.05) is 18.2 Å². The molecule has 0 N–H and O–H groups in total. The van der Waals surface area contributed by atoms with Crippen LogP contribution >= 0.6 is 0 Å². The minimum absolute atomic E-state index is 0.151. The highest BCUT2D eigenvalue weighted by Gasteiger charge is 2.22. The topological polar surface area (TPSA) is 43.9 Å². The number of halogens is 1. The van der Waals surface area contributed by atoms with Gasteiger partial charge in [-0.3, -0.25) is 9.59 Å². The summed E-state index contributed by atoms with van der Waals surface area (Å²) in [7, 11) is 0. The molecule has 0 aliphatic carbocycles. The maximum Gasteiger partial charge on any atom is 0.251 e. The van der Waals surface area contributed by atoms with Crippen LogP contribution in [0.1, 0.15) is 12.0 Å². The van der Waals surface area contributed by atoms with Gasteiger partial charge >= 0.3 is 0 Å². The van der Waals surface area contributed by atoms with E-state index in [0.717, 1.165) is 24.2 Å². The van der Waals surface area contributed by atoms with Gasteiger partial charge in [0.1, 0.15) is 5.82 Å². The average molecular weight is 393 g/mol. The van der Waals surface area contributed by atoms with E-state index in [0.29, 0.717) is 32.7 Å². The molecule has 1 saturated heterocycles. The molecule has 0 spiro atoms. The zero-order chi connectivity index (χ0) is 20.2. The first-order valence-corrected chi connectivity index (χ1v) is 9.99. The minimum atomic E-state index is -0.256. The van der Waals surface area contributed by atoms with Crippen LogP contribution in [0.2, 0.25) is 0 Å². The number of carbonyl (C=O) groups is 2. The number of hydrogen-bond donors (Lipinski definition) is 0. The largest absolute Gasteiger partial charge is 0.368 e. The molecule has 1 fully saturated rings. The fraction of sp³-hybridized carbons (Fsp3) is 0.304. The molecule has 29 heavy (non-hydrogen) atoms. The van der Waals surface area contributed by atoms with Crippen molar-refractivity contribution >= 4 is 23.2 Å². The van der Waals surface area contributed by atoms with Gasteiger partial charge in [-0.05, 0) is 48.7 Å². The van der Waals surface area contributed by atoms with Crippen LogP contribution in [0.3, 0.4) is 0 Å². The molecule has 0 bridgehead atoms. The molecule has 0 unspecified atom stereocenters. The zero-order valence-corrected chi connectivity index (χ0v) is 16.3. The molecule has 5 nitrogen and oxygen atoms in total. The molecule has 6 heteroatoms.